The van der Waals surface area contributed by atoms with E-state index in [1.54, 1.807) is 0 Å². The lowest BCUT2D eigenvalue weighted by molar-refractivity contribution is 0.157. The highest BCUT2D eigenvalue weighted by atomic mass is 32.2. The molecule has 1 aromatic rings. The Morgan fingerprint density at radius 3 is 2.55 bits per heavy atom. The van der Waals surface area contributed by atoms with Crippen LogP contribution < -0.4 is 5.32 Å². The van der Waals surface area contributed by atoms with Gasteiger partial charge in [0.1, 0.15) is 11.6 Å². The van der Waals surface area contributed by atoms with E-state index in [0.29, 0.717) is 22.6 Å². The lowest BCUT2D eigenvalue weighted by Gasteiger charge is -2.33. The Kier molecular flexibility index (Phi) is 4.02. The molecule has 2 aliphatic rings. The molecule has 20 heavy (non-hydrogen) atoms. The third-order valence-electron chi connectivity index (χ3n) is 4.09. The first-order valence-corrected chi connectivity index (χ1v) is 8.08. The number of benzene rings is 1. The predicted molar refractivity (Wildman–Crippen MR) is 75.8 cm³/mol. The molecule has 0 bridgehead atoms. The van der Waals surface area contributed by atoms with Crippen molar-refractivity contribution in [2.45, 2.75) is 42.2 Å². The van der Waals surface area contributed by atoms with Crippen molar-refractivity contribution in [2.24, 2.45) is 5.92 Å². The molecule has 0 spiro atoms. The normalized spacial score (nSPS) is 21.8. The van der Waals surface area contributed by atoms with Crippen molar-refractivity contribution in [2.75, 3.05) is 12.4 Å². The van der Waals surface area contributed by atoms with Crippen LogP contribution in [0.3, 0.4) is 0 Å². The fourth-order valence-corrected chi connectivity index (χ4v) is 3.75. The van der Waals surface area contributed by atoms with Gasteiger partial charge in [0.25, 0.3) is 0 Å². The van der Waals surface area contributed by atoms with Crippen LogP contribution >= 0.6 is 11.8 Å². The SMILES string of the molecule is OCC(CSc1ccc(F)cc1F)(NC1CC1)C1CC1. The maximum atomic E-state index is 13.7. The van der Waals surface area contributed by atoms with Gasteiger partial charge < -0.3 is 10.4 Å². The van der Waals surface area contributed by atoms with Gasteiger partial charge in [0.05, 0.1) is 12.1 Å². The van der Waals surface area contributed by atoms with Crippen LogP contribution in [0.15, 0.2) is 23.1 Å². The largest absolute Gasteiger partial charge is 0.394 e. The smallest absolute Gasteiger partial charge is 0.139 e. The monoisotopic (exact) mass is 299 g/mol. The number of thioether (sulfide) groups is 1. The van der Waals surface area contributed by atoms with Crippen molar-refractivity contribution in [3.63, 3.8) is 0 Å². The molecular formula is C15H19F2NOS. The minimum Gasteiger partial charge on any atom is -0.394 e. The number of halogens is 2. The summed E-state index contributed by atoms with van der Waals surface area (Å²) in [7, 11) is 0. The summed E-state index contributed by atoms with van der Waals surface area (Å²) in [5.74, 6) is 0.0134. The molecule has 110 valence electrons. The van der Waals surface area contributed by atoms with E-state index in [4.69, 9.17) is 0 Å². The Labute approximate surface area is 122 Å². The van der Waals surface area contributed by atoms with Gasteiger partial charge in [0.2, 0.25) is 0 Å². The average Bonchev–Trinajstić information content (AvgIpc) is 3.28. The van der Waals surface area contributed by atoms with Gasteiger partial charge in [-0.05, 0) is 43.7 Å². The molecule has 0 radical (unpaired) electrons. The number of hydrogen-bond acceptors (Lipinski definition) is 3. The second-order valence-electron chi connectivity index (χ2n) is 5.87. The minimum absolute atomic E-state index is 0.0734. The number of aliphatic hydroxyl groups is 1. The van der Waals surface area contributed by atoms with E-state index in [9.17, 15) is 13.9 Å². The highest BCUT2D eigenvalue weighted by molar-refractivity contribution is 7.99. The summed E-state index contributed by atoms with van der Waals surface area (Å²) >= 11 is 1.36. The fourth-order valence-electron chi connectivity index (χ4n) is 2.57. The molecule has 2 aliphatic carbocycles. The first kappa shape index (κ1) is 14.3. The molecule has 0 saturated heterocycles. The maximum absolute atomic E-state index is 13.7. The van der Waals surface area contributed by atoms with Crippen LogP contribution in [-0.2, 0) is 0 Å². The van der Waals surface area contributed by atoms with Crippen LogP contribution in [0.25, 0.3) is 0 Å². The zero-order valence-electron chi connectivity index (χ0n) is 11.2. The van der Waals surface area contributed by atoms with Gasteiger partial charge in [-0.3, -0.25) is 0 Å². The van der Waals surface area contributed by atoms with Crippen LogP contribution in [0.2, 0.25) is 0 Å². The standard InChI is InChI=1S/C15H19F2NOS/c16-11-3-6-14(13(17)7-11)20-9-15(8-19,10-1-2-10)18-12-4-5-12/h3,6-7,10,12,18-19H,1-2,4-5,8-9H2. The molecule has 2 N–H and O–H groups in total. The van der Waals surface area contributed by atoms with E-state index in [1.807, 2.05) is 0 Å². The molecule has 0 heterocycles. The van der Waals surface area contributed by atoms with E-state index in [2.05, 4.69) is 5.32 Å². The van der Waals surface area contributed by atoms with Crippen molar-refractivity contribution >= 4 is 11.8 Å². The summed E-state index contributed by atoms with van der Waals surface area (Å²) in [5.41, 5.74) is -0.313. The molecule has 1 atom stereocenters. The van der Waals surface area contributed by atoms with E-state index in [0.717, 1.165) is 31.7 Å². The third-order valence-corrected chi connectivity index (χ3v) is 5.39. The topological polar surface area (TPSA) is 32.3 Å². The molecule has 1 unspecified atom stereocenters. The number of hydrogen-bond donors (Lipinski definition) is 2. The molecule has 0 aromatic heterocycles. The molecule has 0 aliphatic heterocycles. The number of rotatable bonds is 7. The molecular weight excluding hydrogens is 280 g/mol. The minimum atomic E-state index is -0.557. The van der Waals surface area contributed by atoms with Crippen LogP contribution in [0.5, 0.6) is 0 Å². The van der Waals surface area contributed by atoms with Crippen molar-refractivity contribution in [1.82, 2.24) is 5.32 Å². The first-order chi connectivity index (χ1) is 9.63. The van der Waals surface area contributed by atoms with Gasteiger partial charge >= 0.3 is 0 Å². The Hall–Kier alpha value is -0.650. The maximum Gasteiger partial charge on any atom is 0.139 e. The quantitative estimate of drug-likeness (QED) is 0.759. The van der Waals surface area contributed by atoms with Gasteiger partial charge in [0, 0.05) is 22.8 Å². The Morgan fingerprint density at radius 1 is 1.25 bits per heavy atom. The van der Waals surface area contributed by atoms with Crippen molar-refractivity contribution in [3.8, 4) is 0 Å². The number of nitrogens with one attached hydrogen (secondary N) is 1. The van der Waals surface area contributed by atoms with E-state index in [1.165, 1.54) is 23.9 Å². The summed E-state index contributed by atoms with van der Waals surface area (Å²) in [5, 5.41) is 13.4. The summed E-state index contributed by atoms with van der Waals surface area (Å²) < 4.78 is 26.6. The Bertz CT molecular complexity index is 491. The zero-order valence-corrected chi connectivity index (χ0v) is 12.1. The first-order valence-electron chi connectivity index (χ1n) is 7.09. The highest BCUT2D eigenvalue weighted by Crippen LogP contribution is 2.44. The molecule has 2 nitrogen and oxygen atoms in total. The van der Waals surface area contributed by atoms with E-state index in [-0.39, 0.29) is 12.1 Å². The predicted octanol–water partition coefficient (Wildman–Crippen LogP) is 2.95. The second-order valence-corrected chi connectivity index (χ2v) is 6.89. The fraction of sp³-hybridized carbons (Fsp3) is 0.600. The molecule has 2 saturated carbocycles. The second kappa shape index (κ2) is 5.62. The summed E-state index contributed by atoms with van der Waals surface area (Å²) in [6, 6.07) is 4.16. The molecule has 2 fully saturated rings. The van der Waals surface area contributed by atoms with Crippen LogP contribution in [0.1, 0.15) is 25.7 Å². The van der Waals surface area contributed by atoms with Gasteiger partial charge in [-0.1, -0.05) is 0 Å². The highest BCUT2D eigenvalue weighted by Gasteiger charge is 2.47. The molecule has 1 aromatic carbocycles. The molecule has 5 heteroatoms. The Balaban J connectivity index is 1.69. The lowest BCUT2D eigenvalue weighted by Crippen LogP contribution is -2.53. The molecule has 0 amide bonds. The lowest BCUT2D eigenvalue weighted by atomic mass is 9.96. The van der Waals surface area contributed by atoms with E-state index >= 15 is 0 Å². The van der Waals surface area contributed by atoms with Crippen molar-refractivity contribution in [1.29, 1.82) is 0 Å². The number of aliphatic hydroxyl groups excluding tert-OH is 1. The van der Waals surface area contributed by atoms with Crippen LogP contribution in [-0.4, -0.2) is 29.0 Å². The summed E-state index contributed by atoms with van der Waals surface area (Å²) in [6.45, 7) is 0.0734. The zero-order chi connectivity index (χ0) is 14.2. The van der Waals surface area contributed by atoms with E-state index < -0.39 is 11.6 Å². The molecule has 3 rings (SSSR count). The Morgan fingerprint density at radius 2 is 2.00 bits per heavy atom. The summed E-state index contributed by atoms with van der Waals surface area (Å²) in [4.78, 5) is 0.447. The van der Waals surface area contributed by atoms with Crippen LogP contribution in [0.4, 0.5) is 8.78 Å². The van der Waals surface area contributed by atoms with Gasteiger partial charge in [0.15, 0.2) is 0 Å². The van der Waals surface area contributed by atoms with Gasteiger partial charge in [-0.25, -0.2) is 8.78 Å². The van der Waals surface area contributed by atoms with Crippen LogP contribution in [0, 0.1) is 17.6 Å². The van der Waals surface area contributed by atoms with Gasteiger partial charge in [-0.15, -0.1) is 11.8 Å². The third kappa shape index (κ3) is 3.15. The summed E-state index contributed by atoms with van der Waals surface area (Å²) in [6.07, 6.45) is 4.55. The van der Waals surface area contributed by atoms with Crippen molar-refractivity contribution < 1.29 is 13.9 Å². The van der Waals surface area contributed by atoms with Gasteiger partial charge in [-0.2, -0.15) is 0 Å². The average molecular weight is 299 g/mol. The van der Waals surface area contributed by atoms with Crippen molar-refractivity contribution in [3.05, 3.63) is 29.8 Å².